The van der Waals surface area contributed by atoms with E-state index >= 15 is 0 Å². The fourth-order valence-corrected chi connectivity index (χ4v) is 1.77. The zero-order valence-electron chi connectivity index (χ0n) is 10.6. The number of H-pyrrole nitrogens is 1. The molecule has 0 fully saturated rings. The van der Waals surface area contributed by atoms with E-state index in [1.165, 1.54) is 11.3 Å². The van der Waals surface area contributed by atoms with Crippen LogP contribution in [0.5, 0.6) is 0 Å². The molecular formula is C14H19N3. The first kappa shape index (κ1) is 11.9. The van der Waals surface area contributed by atoms with Crippen LogP contribution in [0.3, 0.4) is 0 Å². The maximum atomic E-state index is 4.35. The van der Waals surface area contributed by atoms with Gasteiger partial charge in [0, 0.05) is 23.7 Å². The maximum absolute atomic E-state index is 4.35. The monoisotopic (exact) mass is 229 g/mol. The van der Waals surface area contributed by atoms with Gasteiger partial charge in [-0.25, -0.2) is 0 Å². The van der Waals surface area contributed by atoms with E-state index in [4.69, 9.17) is 0 Å². The molecule has 1 aromatic carbocycles. The Morgan fingerprint density at radius 1 is 1.29 bits per heavy atom. The van der Waals surface area contributed by atoms with Gasteiger partial charge in [0.2, 0.25) is 0 Å². The number of aryl methyl sites for hydroxylation is 1. The maximum Gasteiger partial charge on any atom is 0.0923 e. The summed E-state index contributed by atoms with van der Waals surface area (Å²) in [6.45, 7) is 4.25. The molecule has 2 N–H and O–H groups in total. The average molecular weight is 229 g/mol. The molecule has 1 aromatic heterocycles. The predicted octanol–water partition coefficient (Wildman–Crippen LogP) is 2.54. The number of benzene rings is 1. The van der Waals surface area contributed by atoms with Gasteiger partial charge in [0.1, 0.15) is 0 Å². The molecule has 2 aromatic rings. The molecule has 2 rings (SSSR count). The number of rotatable bonds is 4. The van der Waals surface area contributed by atoms with Crippen molar-refractivity contribution in [3.63, 3.8) is 0 Å². The van der Waals surface area contributed by atoms with Crippen molar-refractivity contribution in [1.82, 2.24) is 15.5 Å². The van der Waals surface area contributed by atoms with Crippen LogP contribution in [0.1, 0.15) is 18.2 Å². The number of hydrogen-bond donors (Lipinski definition) is 2. The van der Waals surface area contributed by atoms with Crippen molar-refractivity contribution in [2.45, 2.75) is 26.3 Å². The minimum absolute atomic E-state index is 0.460. The third-order valence-electron chi connectivity index (χ3n) is 3.00. The third kappa shape index (κ3) is 2.94. The van der Waals surface area contributed by atoms with Gasteiger partial charge in [-0.15, -0.1) is 0 Å². The SMILES string of the molecule is CNC(C)Cc1cc(-c2ccc(C)cc2)n[nH]1. The lowest BCUT2D eigenvalue weighted by atomic mass is 10.1. The van der Waals surface area contributed by atoms with E-state index in [-0.39, 0.29) is 0 Å². The van der Waals surface area contributed by atoms with Gasteiger partial charge in [0.15, 0.2) is 0 Å². The molecule has 90 valence electrons. The number of nitrogens with zero attached hydrogens (tertiary/aromatic N) is 1. The van der Waals surface area contributed by atoms with Crippen molar-refractivity contribution in [3.05, 3.63) is 41.6 Å². The third-order valence-corrected chi connectivity index (χ3v) is 3.00. The molecule has 3 nitrogen and oxygen atoms in total. The first-order chi connectivity index (χ1) is 8.19. The molecule has 0 amide bonds. The van der Waals surface area contributed by atoms with Crippen LogP contribution in [0.4, 0.5) is 0 Å². The van der Waals surface area contributed by atoms with Crippen LogP contribution in [-0.2, 0) is 6.42 Å². The van der Waals surface area contributed by atoms with Crippen molar-refractivity contribution >= 4 is 0 Å². The molecule has 0 aliphatic heterocycles. The first-order valence-electron chi connectivity index (χ1n) is 5.97. The van der Waals surface area contributed by atoms with Crippen LogP contribution >= 0.6 is 0 Å². The molecule has 17 heavy (non-hydrogen) atoms. The molecular weight excluding hydrogens is 210 g/mol. The zero-order valence-corrected chi connectivity index (χ0v) is 10.6. The number of aromatic nitrogens is 2. The summed E-state index contributed by atoms with van der Waals surface area (Å²) in [6.07, 6.45) is 0.968. The molecule has 0 spiro atoms. The Morgan fingerprint density at radius 2 is 2.00 bits per heavy atom. The van der Waals surface area contributed by atoms with Gasteiger partial charge in [-0.1, -0.05) is 29.8 Å². The summed E-state index contributed by atoms with van der Waals surface area (Å²) in [7, 11) is 1.97. The Balaban J connectivity index is 2.15. The summed E-state index contributed by atoms with van der Waals surface area (Å²) in [5, 5.41) is 10.7. The summed E-state index contributed by atoms with van der Waals surface area (Å²) in [5.41, 5.74) is 4.62. The molecule has 1 atom stereocenters. The summed E-state index contributed by atoms with van der Waals surface area (Å²) in [6, 6.07) is 11.0. The summed E-state index contributed by atoms with van der Waals surface area (Å²) >= 11 is 0. The van der Waals surface area contributed by atoms with Crippen molar-refractivity contribution in [3.8, 4) is 11.3 Å². The van der Waals surface area contributed by atoms with E-state index in [9.17, 15) is 0 Å². The lowest BCUT2D eigenvalue weighted by molar-refractivity contribution is 0.600. The smallest absolute Gasteiger partial charge is 0.0923 e. The Morgan fingerprint density at radius 3 is 2.65 bits per heavy atom. The second-order valence-corrected chi connectivity index (χ2v) is 4.54. The van der Waals surface area contributed by atoms with Crippen molar-refractivity contribution < 1.29 is 0 Å². The van der Waals surface area contributed by atoms with E-state index in [0.717, 1.165) is 17.7 Å². The van der Waals surface area contributed by atoms with Crippen LogP contribution in [0, 0.1) is 6.92 Å². The predicted molar refractivity (Wildman–Crippen MR) is 71.0 cm³/mol. The first-order valence-corrected chi connectivity index (χ1v) is 5.97. The van der Waals surface area contributed by atoms with Crippen LogP contribution in [-0.4, -0.2) is 23.3 Å². The topological polar surface area (TPSA) is 40.7 Å². The summed E-state index contributed by atoms with van der Waals surface area (Å²) < 4.78 is 0. The second kappa shape index (κ2) is 5.15. The van der Waals surface area contributed by atoms with E-state index in [0.29, 0.717) is 6.04 Å². The number of nitrogens with one attached hydrogen (secondary N) is 2. The molecule has 0 bridgehead atoms. The van der Waals surface area contributed by atoms with Crippen molar-refractivity contribution in [1.29, 1.82) is 0 Å². The highest BCUT2D eigenvalue weighted by atomic mass is 15.1. The fourth-order valence-electron chi connectivity index (χ4n) is 1.77. The number of hydrogen-bond acceptors (Lipinski definition) is 2. The second-order valence-electron chi connectivity index (χ2n) is 4.54. The van der Waals surface area contributed by atoms with Gasteiger partial charge in [-0.2, -0.15) is 5.10 Å². The van der Waals surface area contributed by atoms with Crippen LogP contribution in [0.15, 0.2) is 30.3 Å². The van der Waals surface area contributed by atoms with E-state index < -0.39 is 0 Å². The molecule has 0 aliphatic carbocycles. The quantitative estimate of drug-likeness (QED) is 0.846. The fraction of sp³-hybridized carbons (Fsp3) is 0.357. The van der Waals surface area contributed by atoms with Crippen LogP contribution < -0.4 is 5.32 Å². The standard InChI is InChI=1S/C14H19N3/c1-10-4-6-12(7-5-10)14-9-13(16-17-14)8-11(2)15-3/h4-7,9,11,15H,8H2,1-3H3,(H,16,17). The largest absolute Gasteiger partial charge is 0.317 e. The lowest BCUT2D eigenvalue weighted by Gasteiger charge is -2.06. The summed E-state index contributed by atoms with van der Waals surface area (Å²) in [5.74, 6) is 0. The molecule has 3 heteroatoms. The molecule has 1 unspecified atom stereocenters. The highest BCUT2D eigenvalue weighted by molar-refractivity contribution is 5.59. The molecule has 0 saturated heterocycles. The zero-order chi connectivity index (χ0) is 12.3. The van der Waals surface area contributed by atoms with Gasteiger partial charge in [-0.05, 0) is 27.0 Å². The van der Waals surface area contributed by atoms with Gasteiger partial charge >= 0.3 is 0 Å². The molecule has 0 radical (unpaired) electrons. The Hall–Kier alpha value is -1.61. The van der Waals surface area contributed by atoms with Crippen LogP contribution in [0.25, 0.3) is 11.3 Å². The van der Waals surface area contributed by atoms with Gasteiger partial charge in [0.25, 0.3) is 0 Å². The average Bonchev–Trinajstić information content (AvgIpc) is 2.78. The van der Waals surface area contributed by atoms with Gasteiger partial charge in [0.05, 0.1) is 5.69 Å². The minimum Gasteiger partial charge on any atom is -0.317 e. The molecule has 0 aliphatic rings. The van der Waals surface area contributed by atoms with Crippen molar-refractivity contribution in [2.24, 2.45) is 0 Å². The molecule has 1 heterocycles. The Bertz CT molecular complexity index is 470. The lowest BCUT2D eigenvalue weighted by Crippen LogP contribution is -2.23. The molecule has 0 saturated carbocycles. The number of likely N-dealkylation sites (N-methyl/N-ethyl adjacent to an activating group) is 1. The highest BCUT2D eigenvalue weighted by Gasteiger charge is 2.06. The van der Waals surface area contributed by atoms with E-state index in [2.05, 4.69) is 59.7 Å². The van der Waals surface area contributed by atoms with Crippen molar-refractivity contribution in [2.75, 3.05) is 7.05 Å². The Labute approximate surface area is 102 Å². The summed E-state index contributed by atoms with van der Waals surface area (Å²) in [4.78, 5) is 0. The Kier molecular flexibility index (Phi) is 3.59. The highest BCUT2D eigenvalue weighted by Crippen LogP contribution is 2.18. The van der Waals surface area contributed by atoms with E-state index in [1.807, 2.05) is 7.05 Å². The normalized spacial score (nSPS) is 12.6. The van der Waals surface area contributed by atoms with Gasteiger partial charge < -0.3 is 5.32 Å². The van der Waals surface area contributed by atoms with Crippen LogP contribution in [0.2, 0.25) is 0 Å². The minimum atomic E-state index is 0.460. The number of aromatic amines is 1. The van der Waals surface area contributed by atoms with Gasteiger partial charge in [-0.3, -0.25) is 5.10 Å². The van der Waals surface area contributed by atoms with E-state index in [1.54, 1.807) is 0 Å².